The van der Waals surface area contributed by atoms with Crippen molar-refractivity contribution >= 4 is 5.91 Å². The highest BCUT2D eigenvalue weighted by atomic mass is 16.5. The Balaban J connectivity index is 1.53. The van der Waals surface area contributed by atoms with Crippen molar-refractivity contribution in [2.45, 2.75) is 51.5 Å². The highest BCUT2D eigenvalue weighted by molar-refractivity contribution is 5.94. The van der Waals surface area contributed by atoms with Crippen molar-refractivity contribution in [1.29, 1.82) is 0 Å². The van der Waals surface area contributed by atoms with Crippen LogP contribution >= 0.6 is 0 Å². The van der Waals surface area contributed by atoms with Crippen LogP contribution in [-0.4, -0.2) is 55.2 Å². The topological polar surface area (TPSA) is 53.6 Å². The summed E-state index contributed by atoms with van der Waals surface area (Å²) in [4.78, 5) is 14.8. The number of carbonyl (C=O) groups excluding carboxylic acids is 1. The number of rotatable bonds is 4. The maximum absolute atomic E-state index is 12.3. The molecule has 5 nitrogen and oxygen atoms in total. The molecular formula is C19H29N3O2. The van der Waals surface area contributed by atoms with Gasteiger partial charge >= 0.3 is 0 Å². The molecule has 5 heteroatoms. The van der Waals surface area contributed by atoms with Crippen molar-refractivity contribution in [2.75, 3.05) is 26.2 Å². The summed E-state index contributed by atoms with van der Waals surface area (Å²) >= 11 is 0. The molecule has 1 amide bonds. The van der Waals surface area contributed by atoms with E-state index in [-0.39, 0.29) is 18.1 Å². The predicted octanol–water partition coefficient (Wildman–Crippen LogP) is 1.78. The second-order valence-corrected chi connectivity index (χ2v) is 7.15. The Kier molecular flexibility index (Phi) is 5.87. The Labute approximate surface area is 144 Å². The molecule has 0 spiro atoms. The van der Waals surface area contributed by atoms with Crippen molar-refractivity contribution in [1.82, 2.24) is 15.5 Å². The van der Waals surface area contributed by atoms with Crippen LogP contribution in [0.2, 0.25) is 0 Å². The minimum atomic E-state index is 0.0436. The third-order valence-corrected chi connectivity index (χ3v) is 4.79. The largest absolute Gasteiger partial charge is 0.373 e. The van der Waals surface area contributed by atoms with Crippen LogP contribution in [0.1, 0.15) is 42.6 Å². The summed E-state index contributed by atoms with van der Waals surface area (Å²) in [5, 5.41) is 6.46. The minimum absolute atomic E-state index is 0.0436. The van der Waals surface area contributed by atoms with E-state index in [9.17, 15) is 4.79 Å². The maximum atomic E-state index is 12.3. The number of carbonyl (C=O) groups is 1. The van der Waals surface area contributed by atoms with Gasteiger partial charge in [0.2, 0.25) is 0 Å². The molecular weight excluding hydrogens is 302 g/mol. The molecule has 2 aliphatic rings. The number of hydrogen-bond acceptors (Lipinski definition) is 4. The third-order valence-electron chi connectivity index (χ3n) is 4.79. The molecule has 2 aliphatic heterocycles. The van der Waals surface area contributed by atoms with Gasteiger partial charge in [-0.2, -0.15) is 0 Å². The second kappa shape index (κ2) is 8.10. The van der Waals surface area contributed by atoms with Gasteiger partial charge in [-0.25, -0.2) is 0 Å². The highest BCUT2D eigenvalue weighted by Crippen LogP contribution is 2.15. The van der Waals surface area contributed by atoms with E-state index in [4.69, 9.17) is 4.74 Å². The molecule has 2 heterocycles. The fraction of sp³-hybridized carbons (Fsp3) is 0.632. The first-order valence-corrected chi connectivity index (χ1v) is 9.08. The van der Waals surface area contributed by atoms with Gasteiger partial charge in [0.1, 0.15) is 0 Å². The third kappa shape index (κ3) is 4.79. The quantitative estimate of drug-likeness (QED) is 0.883. The van der Waals surface area contributed by atoms with E-state index in [1.807, 2.05) is 12.1 Å². The lowest BCUT2D eigenvalue weighted by Crippen LogP contribution is -2.44. The number of nitrogens with one attached hydrogen (secondary N) is 2. The number of piperidine rings is 1. The zero-order chi connectivity index (χ0) is 16.9. The summed E-state index contributed by atoms with van der Waals surface area (Å²) in [7, 11) is 0. The first kappa shape index (κ1) is 17.4. The zero-order valence-electron chi connectivity index (χ0n) is 14.8. The summed E-state index contributed by atoms with van der Waals surface area (Å²) in [6.07, 6.45) is 2.58. The van der Waals surface area contributed by atoms with Gasteiger partial charge in [0.25, 0.3) is 5.91 Å². The fourth-order valence-electron chi connectivity index (χ4n) is 3.67. The molecule has 0 aromatic heterocycles. The highest BCUT2D eigenvalue weighted by Gasteiger charge is 2.22. The van der Waals surface area contributed by atoms with Crippen molar-refractivity contribution in [3.63, 3.8) is 0 Å². The molecule has 2 saturated heterocycles. The first-order chi connectivity index (χ1) is 11.6. The first-order valence-electron chi connectivity index (χ1n) is 9.08. The normalized spacial score (nSPS) is 26.2. The smallest absolute Gasteiger partial charge is 0.251 e. The van der Waals surface area contributed by atoms with E-state index in [0.717, 1.165) is 51.1 Å². The van der Waals surface area contributed by atoms with Gasteiger partial charge in [0, 0.05) is 31.2 Å². The Bertz CT molecular complexity index is 530. The summed E-state index contributed by atoms with van der Waals surface area (Å²) in [6, 6.07) is 8.33. The Morgan fingerprint density at radius 1 is 1.17 bits per heavy atom. The molecule has 2 atom stereocenters. The van der Waals surface area contributed by atoms with Crippen LogP contribution in [0.3, 0.4) is 0 Å². The lowest BCUT2D eigenvalue weighted by molar-refractivity contribution is -0.0704. The molecule has 24 heavy (non-hydrogen) atoms. The van der Waals surface area contributed by atoms with Crippen LogP contribution in [0.4, 0.5) is 0 Å². The number of nitrogens with zero attached hydrogens (tertiary/aromatic N) is 1. The van der Waals surface area contributed by atoms with Gasteiger partial charge < -0.3 is 15.4 Å². The van der Waals surface area contributed by atoms with Gasteiger partial charge in [0.05, 0.1) is 12.2 Å². The van der Waals surface area contributed by atoms with Crippen LogP contribution in [0.25, 0.3) is 0 Å². The van der Waals surface area contributed by atoms with E-state index < -0.39 is 0 Å². The number of hydrogen-bond donors (Lipinski definition) is 2. The van der Waals surface area contributed by atoms with Crippen molar-refractivity contribution < 1.29 is 9.53 Å². The molecule has 1 aromatic rings. The SMILES string of the molecule is CC1CN(Cc2ccc(C(=O)NC3CCNCC3)cc2)CC(C)O1. The molecule has 0 bridgehead atoms. The van der Waals surface area contributed by atoms with Crippen LogP contribution in [0, 0.1) is 0 Å². The van der Waals surface area contributed by atoms with Gasteiger partial charge in [-0.05, 0) is 57.5 Å². The monoisotopic (exact) mass is 331 g/mol. The van der Waals surface area contributed by atoms with Gasteiger partial charge in [-0.3, -0.25) is 9.69 Å². The van der Waals surface area contributed by atoms with Crippen molar-refractivity contribution in [2.24, 2.45) is 0 Å². The van der Waals surface area contributed by atoms with Crippen LogP contribution in [0.15, 0.2) is 24.3 Å². The van der Waals surface area contributed by atoms with E-state index in [2.05, 4.69) is 41.5 Å². The Hall–Kier alpha value is -1.43. The lowest BCUT2D eigenvalue weighted by atomic mass is 10.1. The predicted molar refractivity (Wildman–Crippen MR) is 95.1 cm³/mol. The van der Waals surface area contributed by atoms with Gasteiger partial charge in [0.15, 0.2) is 0 Å². The van der Waals surface area contributed by atoms with Gasteiger partial charge in [-0.15, -0.1) is 0 Å². The Morgan fingerprint density at radius 2 is 1.79 bits per heavy atom. The molecule has 0 saturated carbocycles. The summed E-state index contributed by atoms with van der Waals surface area (Å²) < 4.78 is 5.78. The van der Waals surface area contributed by atoms with E-state index in [1.54, 1.807) is 0 Å². The van der Waals surface area contributed by atoms with Crippen molar-refractivity contribution in [3.05, 3.63) is 35.4 Å². The lowest BCUT2D eigenvalue weighted by Gasteiger charge is -2.35. The second-order valence-electron chi connectivity index (χ2n) is 7.15. The Morgan fingerprint density at radius 3 is 2.42 bits per heavy atom. The number of amides is 1. The van der Waals surface area contributed by atoms with E-state index >= 15 is 0 Å². The number of morpholine rings is 1. The molecule has 2 unspecified atom stereocenters. The molecule has 0 radical (unpaired) electrons. The summed E-state index contributed by atoms with van der Waals surface area (Å²) in [5.74, 6) is 0.0436. The van der Waals surface area contributed by atoms with Gasteiger partial charge in [-0.1, -0.05) is 12.1 Å². The van der Waals surface area contributed by atoms with E-state index in [0.29, 0.717) is 6.04 Å². The van der Waals surface area contributed by atoms with Crippen LogP contribution in [-0.2, 0) is 11.3 Å². The van der Waals surface area contributed by atoms with E-state index in [1.165, 1.54) is 5.56 Å². The van der Waals surface area contributed by atoms with Crippen molar-refractivity contribution in [3.8, 4) is 0 Å². The molecule has 2 fully saturated rings. The number of ether oxygens (including phenoxy) is 1. The molecule has 2 N–H and O–H groups in total. The molecule has 132 valence electrons. The van der Waals surface area contributed by atoms with Crippen LogP contribution < -0.4 is 10.6 Å². The minimum Gasteiger partial charge on any atom is -0.373 e. The maximum Gasteiger partial charge on any atom is 0.251 e. The average molecular weight is 331 g/mol. The van der Waals surface area contributed by atoms with Crippen LogP contribution in [0.5, 0.6) is 0 Å². The molecule has 0 aliphatic carbocycles. The summed E-state index contributed by atoms with van der Waals surface area (Å²) in [6.45, 7) is 9.05. The zero-order valence-corrected chi connectivity index (χ0v) is 14.8. The fourth-order valence-corrected chi connectivity index (χ4v) is 3.67. The summed E-state index contributed by atoms with van der Waals surface area (Å²) in [5.41, 5.74) is 2.00. The standard InChI is InChI=1S/C19H29N3O2/c1-14-11-22(12-15(2)24-14)13-16-3-5-17(6-4-16)19(23)21-18-7-9-20-10-8-18/h3-6,14-15,18,20H,7-13H2,1-2H3,(H,21,23). The number of benzene rings is 1. The average Bonchev–Trinajstić information content (AvgIpc) is 2.55. The molecule has 1 aromatic carbocycles. The molecule has 3 rings (SSSR count).